The quantitative estimate of drug-likeness (QED) is 0.914. The molecule has 0 spiro atoms. The molecule has 6 heteroatoms. The highest BCUT2D eigenvalue weighted by Crippen LogP contribution is 2.23. The average Bonchev–Trinajstić information content (AvgIpc) is 2.65. The number of halogens is 1. The minimum atomic E-state index is 0.526. The van der Waals surface area contributed by atoms with Gasteiger partial charge in [-0.15, -0.1) is 0 Å². The van der Waals surface area contributed by atoms with Gasteiger partial charge in [-0.05, 0) is 38.4 Å². The summed E-state index contributed by atoms with van der Waals surface area (Å²) < 4.78 is 2.01. The summed E-state index contributed by atoms with van der Waals surface area (Å²) in [6, 6.07) is 1.81. The lowest BCUT2D eigenvalue weighted by atomic mass is 9.98. The van der Waals surface area contributed by atoms with Crippen LogP contribution in [0, 0.1) is 5.92 Å². The van der Waals surface area contributed by atoms with Crippen molar-refractivity contribution >= 4 is 28.7 Å². The summed E-state index contributed by atoms with van der Waals surface area (Å²) in [4.78, 5) is 11.1. The molecule has 3 heterocycles. The Hall–Kier alpha value is -1.33. The number of rotatable bonds is 2. The number of aromatic nitrogens is 3. The van der Waals surface area contributed by atoms with Gasteiger partial charge in [-0.25, -0.2) is 9.97 Å². The van der Waals surface area contributed by atoms with Gasteiger partial charge in [0.2, 0.25) is 5.95 Å². The first-order valence-electron chi connectivity index (χ1n) is 6.59. The molecule has 0 radical (unpaired) electrons. The topological polar surface area (TPSA) is 60.0 Å². The molecule has 1 fully saturated rings. The van der Waals surface area contributed by atoms with E-state index in [4.69, 9.17) is 17.3 Å². The van der Waals surface area contributed by atoms with E-state index in [2.05, 4.69) is 21.9 Å². The number of nitrogen functional groups attached to an aromatic ring is 1. The molecule has 2 N–H and O–H groups in total. The van der Waals surface area contributed by atoms with E-state index in [1.807, 2.05) is 10.6 Å². The first-order chi connectivity index (χ1) is 9.13. The molecular weight excluding hydrogens is 262 g/mol. The summed E-state index contributed by atoms with van der Waals surface area (Å²) in [5.41, 5.74) is 7.61. The molecule has 0 amide bonds. The number of fused-ring (bicyclic) bond motifs is 1. The molecule has 2 aromatic heterocycles. The highest BCUT2D eigenvalue weighted by atomic mass is 35.5. The highest BCUT2D eigenvalue weighted by molar-refractivity contribution is 6.31. The van der Waals surface area contributed by atoms with Gasteiger partial charge in [0.15, 0.2) is 5.65 Å². The Bertz CT molecular complexity index is 594. The van der Waals surface area contributed by atoms with E-state index in [1.165, 1.54) is 19.4 Å². The number of anilines is 1. The second-order valence-corrected chi connectivity index (χ2v) is 5.78. The normalized spacial score (nSPS) is 21.1. The summed E-state index contributed by atoms with van der Waals surface area (Å²) in [6.07, 6.45) is 4.12. The zero-order valence-electron chi connectivity index (χ0n) is 11.0. The fourth-order valence-electron chi connectivity index (χ4n) is 2.86. The molecule has 2 aromatic rings. The third-order valence-corrected chi connectivity index (χ3v) is 3.95. The van der Waals surface area contributed by atoms with Crippen LogP contribution in [0.15, 0.2) is 12.3 Å². The molecule has 1 unspecified atom stereocenters. The van der Waals surface area contributed by atoms with Crippen LogP contribution in [0.3, 0.4) is 0 Å². The minimum absolute atomic E-state index is 0.526. The lowest BCUT2D eigenvalue weighted by molar-refractivity contribution is 0.196. The number of piperidine rings is 1. The van der Waals surface area contributed by atoms with Crippen molar-refractivity contribution in [1.29, 1.82) is 0 Å². The molecule has 0 aromatic carbocycles. The monoisotopic (exact) mass is 279 g/mol. The zero-order chi connectivity index (χ0) is 13.4. The number of likely N-dealkylation sites (tertiary alicyclic amines) is 1. The number of nitrogens with two attached hydrogens (primary N) is 1. The van der Waals surface area contributed by atoms with Gasteiger partial charge >= 0.3 is 0 Å². The van der Waals surface area contributed by atoms with E-state index in [-0.39, 0.29) is 0 Å². The highest BCUT2D eigenvalue weighted by Gasteiger charge is 2.20. The van der Waals surface area contributed by atoms with Crippen molar-refractivity contribution in [3.05, 3.63) is 17.3 Å². The van der Waals surface area contributed by atoms with E-state index >= 15 is 0 Å². The molecular formula is C13H18ClN5. The Kier molecular flexibility index (Phi) is 3.33. The van der Waals surface area contributed by atoms with Gasteiger partial charge in [0.05, 0.1) is 5.02 Å². The Balaban J connectivity index is 1.89. The molecule has 5 nitrogen and oxygen atoms in total. The van der Waals surface area contributed by atoms with Crippen LogP contribution in [0.4, 0.5) is 5.95 Å². The molecule has 0 aliphatic carbocycles. The van der Waals surface area contributed by atoms with Crippen molar-refractivity contribution < 1.29 is 0 Å². The maximum absolute atomic E-state index is 6.01. The van der Waals surface area contributed by atoms with Crippen LogP contribution >= 0.6 is 11.6 Å². The molecule has 1 aliphatic rings. The maximum atomic E-state index is 6.01. The zero-order valence-corrected chi connectivity index (χ0v) is 11.8. The fraction of sp³-hybridized carbons (Fsp3) is 0.538. The SMILES string of the molecule is CN1CCCC(Cn2c(N)nc3cc(Cl)cnc32)C1. The second-order valence-electron chi connectivity index (χ2n) is 5.35. The first kappa shape index (κ1) is 12.7. The molecule has 0 saturated carbocycles. The average molecular weight is 280 g/mol. The molecule has 1 aliphatic heterocycles. The summed E-state index contributed by atoms with van der Waals surface area (Å²) in [5, 5.41) is 0.592. The van der Waals surface area contributed by atoms with Crippen molar-refractivity contribution in [2.75, 3.05) is 25.9 Å². The maximum Gasteiger partial charge on any atom is 0.202 e. The second kappa shape index (κ2) is 4.98. The molecule has 19 heavy (non-hydrogen) atoms. The van der Waals surface area contributed by atoms with Gasteiger partial charge < -0.3 is 10.6 Å². The van der Waals surface area contributed by atoms with Crippen molar-refractivity contribution in [3.8, 4) is 0 Å². The number of nitrogens with zero attached hydrogens (tertiary/aromatic N) is 4. The van der Waals surface area contributed by atoms with Crippen LogP contribution in [0.1, 0.15) is 12.8 Å². The fourth-order valence-corrected chi connectivity index (χ4v) is 3.02. The summed E-state index contributed by atoms with van der Waals surface area (Å²) in [5.74, 6) is 1.13. The predicted molar refractivity (Wildman–Crippen MR) is 77.2 cm³/mol. The molecule has 1 saturated heterocycles. The van der Waals surface area contributed by atoms with E-state index in [0.717, 1.165) is 24.3 Å². The van der Waals surface area contributed by atoms with Gasteiger partial charge in [0.25, 0.3) is 0 Å². The van der Waals surface area contributed by atoms with Gasteiger partial charge in [0, 0.05) is 19.3 Å². The van der Waals surface area contributed by atoms with Gasteiger partial charge in [-0.3, -0.25) is 4.57 Å². The number of imidazole rings is 1. The van der Waals surface area contributed by atoms with E-state index in [1.54, 1.807) is 6.20 Å². The van der Waals surface area contributed by atoms with E-state index in [0.29, 0.717) is 16.9 Å². The Morgan fingerprint density at radius 3 is 3.16 bits per heavy atom. The van der Waals surface area contributed by atoms with Crippen LogP contribution in [-0.4, -0.2) is 39.6 Å². The van der Waals surface area contributed by atoms with Crippen molar-refractivity contribution in [1.82, 2.24) is 19.4 Å². The van der Waals surface area contributed by atoms with Crippen LogP contribution in [-0.2, 0) is 6.54 Å². The van der Waals surface area contributed by atoms with E-state index < -0.39 is 0 Å². The Morgan fingerprint density at radius 2 is 2.37 bits per heavy atom. The lowest BCUT2D eigenvalue weighted by Gasteiger charge is -2.30. The summed E-state index contributed by atoms with van der Waals surface area (Å²) in [6.45, 7) is 3.17. The summed E-state index contributed by atoms with van der Waals surface area (Å²) >= 11 is 5.93. The molecule has 0 bridgehead atoms. The van der Waals surface area contributed by atoms with Crippen LogP contribution in [0.5, 0.6) is 0 Å². The van der Waals surface area contributed by atoms with E-state index in [9.17, 15) is 0 Å². The molecule has 3 rings (SSSR count). The molecule has 102 valence electrons. The largest absolute Gasteiger partial charge is 0.369 e. The minimum Gasteiger partial charge on any atom is -0.369 e. The molecule has 1 atom stereocenters. The summed E-state index contributed by atoms with van der Waals surface area (Å²) in [7, 11) is 2.17. The third kappa shape index (κ3) is 2.53. The van der Waals surface area contributed by atoms with Gasteiger partial charge in [0.1, 0.15) is 5.52 Å². The van der Waals surface area contributed by atoms with Crippen molar-refractivity contribution in [2.24, 2.45) is 5.92 Å². The Morgan fingerprint density at radius 1 is 1.53 bits per heavy atom. The van der Waals surface area contributed by atoms with Crippen molar-refractivity contribution in [2.45, 2.75) is 19.4 Å². The standard InChI is InChI=1S/C13H18ClN5/c1-18-4-2-3-9(7-18)8-19-12-11(17-13(19)15)5-10(14)6-16-12/h5-6,9H,2-4,7-8H2,1H3,(H2,15,17). The van der Waals surface area contributed by atoms with Crippen LogP contribution in [0.2, 0.25) is 5.02 Å². The number of hydrogen-bond donors (Lipinski definition) is 1. The number of pyridine rings is 1. The van der Waals surface area contributed by atoms with Crippen molar-refractivity contribution in [3.63, 3.8) is 0 Å². The predicted octanol–water partition coefficient (Wildman–Crippen LogP) is 2.01. The lowest BCUT2D eigenvalue weighted by Crippen LogP contribution is -2.34. The third-order valence-electron chi connectivity index (χ3n) is 3.74. The number of hydrogen-bond acceptors (Lipinski definition) is 4. The first-order valence-corrected chi connectivity index (χ1v) is 6.97. The smallest absolute Gasteiger partial charge is 0.202 e. The van der Waals surface area contributed by atoms with Crippen LogP contribution < -0.4 is 5.73 Å². The van der Waals surface area contributed by atoms with Gasteiger partial charge in [-0.1, -0.05) is 11.6 Å². The van der Waals surface area contributed by atoms with Crippen LogP contribution in [0.25, 0.3) is 11.2 Å². The van der Waals surface area contributed by atoms with Gasteiger partial charge in [-0.2, -0.15) is 0 Å². The Labute approximate surface area is 117 Å².